The lowest BCUT2D eigenvalue weighted by molar-refractivity contribution is -0.177. The van der Waals surface area contributed by atoms with Crippen LogP contribution in [0.1, 0.15) is 22.8 Å². The minimum Gasteiger partial charge on any atom is -0.364 e. The third-order valence-electron chi connectivity index (χ3n) is 2.36. The van der Waals surface area contributed by atoms with Gasteiger partial charge in [0.25, 0.3) is 0 Å². The number of hydrogen-bond acceptors (Lipinski definition) is 4. The minimum absolute atomic E-state index is 0.246. The summed E-state index contributed by atoms with van der Waals surface area (Å²) < 4.78 is 40.2. The molecule has 1 aromatic heterocycles. The van der Waals surface area contributed by atoms with Gasteiger partial charge in [-0.15, -0.1) is 0 Å². The van der Waals surface area contributed by atoms with E-state index in [1.807, 2.05) is 0 Å². The minimum atomic E-state index is -4.33. The van der Waals surface area contributed by atoms with Gasteiger partial charge in [0.2, 0.25) is 0 Å². The Balaban J connectivity index is 2.68. The van der Waals surface area contributed by atoms with Crippen molar-refractivity contribution in [2.75, 3.05) is 13.2 Å². The largest absolute Gasteiger partial charge is 0.411 e. The molecule has 0 fully saturated rings. The van der Waals surface area contributed by atoms with E-state index in [2.05, 4.69) is 14.7 Å². The molecule has 0 spiro atoms. The molecule has 0 radical (unpaired) electrons. The lowest BCUT2D eigenvalue weighted by Gasteiger charge is -2.11. The van der Waals surface area contributed by atoms with E-state index in [4.69, 9.17) is 5.73 Å². The molecular weight excluding hydrogens is 247 g/mol. The van der Waals surface area contributed by atoms with Crippen LogP contribution in [0.2, 0.25) is 0 Å². The molecule has 0 aromatic carbocycles. The van der Waals surface area contributed by atoms with E-state index in [0.29, 0.717) is 13.0 Å². The van der Waals surface area contributed by atoms with Crippen molar-refractivity contribution in [3.8, 4) is 0 Å². The Bertz CT molecular complexity index is 384. The Morgan fingerprint density at radius 2 is 1.72 bits per heavy atom. The molecule has 0 unspecified atom stereocenters. The Labute approximate surface area is 103 Å². The molecule has 2 N–H and O–H groups in total. The summed E-state index contributed by atoms with van der Waals surface area (Å²) in [5, 5.41) is 0. The first-order valence-electron chi connectivity index (χ1n) is 5.51. The number of aryl methyl sites for hydroxylation is 2. The number of nitrogens with two attached hydrogens (primary N) is 1. The fourth-order valence-corrected chi connectivity index (χ4v) is 1.64. The summed E-state index contributed by atoms with van der Waals surface area (Å²) in [4.78, 5) is 8.23. The van der Waals surface area contributed by atoms with E-state index in [1.165, 1.54) is 0 Å². The molecule has 1 rings (SSSR count). The van der Waals surface area contributed by atoms with E-state index in [-0.39, 0.29) is 12.4 Å². The Morgan fingerprint density at radius 3 is 2.17 bits per heavy atom. The number of alkyl halides is 3. The van der Waals surface area contributed by atoms with Gasteiger partial charge in [-0.1, -0.05) is 0 Å². The molecule has 7 heteroatoms. The average molecular weight is 263 g/mol. The normalized spacial score (nSPS) is 11.9. The number of halogens is 3. The lowest BCUT2D eigenvalue weighted by Crippen LogP contribution is -2.18. The van der Waals surface area contributed by atoms with Crippen LogP contribution in [0.15, 0.2) is 0 Å². The third kappa shape index (κ3) is 4.58. The van der Waals surface area contributed by atoms with Gasteiger partial charge in [-0.25, -0.2) is 9.97 Å². The number of ether oxygens (including phenoxy) is 1. The van der Waals surface area contributed by atoms with Crippen LogP contribution in [0.3, 0.4) is 0 Å². The first-order chi connectivity index (χ1) is 8.33. The first-order valence-corrected chi connectivity index (χ1v) is 5.51. The van der Waals surface area contributed by atoms with Gasteiger partial charge in [-0.2, -0.15) is 13.2 Å². The van der Waals surface area contributed by atoms with Gasteiger partial charge in [0, 0.05) is 11.4 Å². The molecule has 0 aliphatic rings. The summed E-state index contributed by atoms with van der Waals surface area (Å²) in [6, 6.07) is 0. The van der Waals surface area contributed by atoms with Crippen molar-refractivity contribution in [3.05, 3.63) is 22.8 Å². The van der Waals surface area contributed by atoms with Crippen molar-refractivity contribution < 1.29 is 17.9 Å². The van der Waals surface area contributed by atoms with Crippen LogP contribution >= 0.6 is 0 Å². The summed E-state index contributed by atoms with van der Waals surface area (Å²) in [6.45, 7) is 2.51. The van der Waals surface area contributed by atoms with Crippen LogP contribution < -0.4 is 5.73 Å². The highest BCUT2D eigenvalue weighted by Gasteiger charge is 2.27. The maximum atomic E-state index is 11.9. The van der Waals surface area contributed by atoms with Gasteiger partial charge in [-0.3, -0.25) is 0 Å². The predicted octanol–water partition coefficient (Wildman–Crippen LogP) is 1.67. The molecule has 18 heavy (non-hydrogen) atoms. The maximum Gasteiger partial charge on any atom is 0.411 e. The number of hydrogen-bond donors (Lipinski definition) is 1. The molecule has 0 atom stereocenters. The van der Waals surface area contributed by atoms with Gasteiger partial charge in [-0.05, 0) is 32.4 Å². The van der Waals surface area contributed by atoms with Gasteiger partial charge >= 0.3 is 6.18 Å². The molecule has 1 heterocycles. The molecule has 0 aliphatic heterocycles. The second kappa shape index (κ2) is 6.10. The van der Waals surface area contributed by atoms with E-state index in [9.17, 15) is 13.2 Å². The zero-order valence-electron chi connectivity index (χ0n) is 10.3. The van der Waals surface area contributed by atoms with Crippen molar-refractivity contribution in [2.24, 2.45) is 5.73 Å². The summed E-state index contributed by atoms with van der Waals surface area (Å²) in [5.41, 5.74) is 7.87. The number of rotatable bonds is 5. The van der Waals surface area contributed by atoms with Crippen LogP contribution in [-0.2, 0) is 17.8 Å². The zero-order chi connectivity index (χ0) is 13.8. The lowest BCUT2D eigenvalue weighted by atomic mass is 10.1. The first kappa shape index (κ1) is 14.8. The smallest absolute Gasteiger partial charge is 0.364 e. The summed E-state index contributed by atoms with van der Waals surface area (Å²) >= 11 is 0. The van der Waals surface area contributed by atoms with Gasteiger partial charge in [0.15, 0.2) is 5.82 Å². The third-order valence-corrected chi connectivity index (χ3v) is 2.36. The maximum absolute atomic E-state index is 11.9. The van der Waals surface area contributed by atoms with Crippen LogP contribution in [0.4, 0.5) is 13.2 Å². The van der Waals surface area contributed by atoms with E-state index in [1.54, 1.807) is 13.8 Å². The predicted molar refractivity (Wildman–Crippen MR) is 60.0 cm³/mol. The molecular formula is C11H16F3N3O. The van der Waals surface area contributed by atoms with Crippen LogP contribution in [0.5, 0.6) is 0 Å². The van der Waals surface area contributed by atoms with Crippen molar-refractivity contribution in [3.63, 3.8) is 0 Å². The summed E-state index contributed by atoms with van der Waals surface area (Å²) in [6.07, 6.45) is -3.68. The van der Waals surface area contributed by atoms with E-state index >= 15 is 0 Å². The molecule has 0 saturated carbocycles. The number of nitrogens with zero attached hydrogens (tertiary/aromatic N) is 2. The summed E-state index contributed by atoms with van der Waals surface area (Å²) in [7, 11) is 0. The second-order valence-electron chi connectivity index (χ2n) is 3.94. The molecule has 0 saturated heterocycles. The van der Waals surface area contributed by atoms with E-state index < -0.39 is 12.8 Å². The molecule has 0 bridgehead atoms. The van der Waals surface area contributed by atoms with Crippen molar-refractivity contribution in [1.29, 1.82) is 0 Å². The fourth-order valence-electron chi connectivity index (χ4n) is 1.64. The zero-order valence-corrected chi connectivity index (χ0v) is 10.3. The Morgan fingerprint density at radius 1 is 1.17 bits per heavy atom. The van der Waals surface area contributed by atoms with Crippen LogP contribution in [-0.4, -0.2) is 29.3 Å². The molecule has 0 amide bonds. The standard InChI is InChI=1S/C11H16F3N3O/c1-7-9(3-4-15)8(2)17-10(16-7)5-18-6-11(12,13)14/h3-6,15H2,1-2H3. The second-order valence-corrected chi connectivity index (χ2v) is 3.94. The average Bonchev–Trinajstić information content (AvgIpc) is 2.21. The summed E-state index contributed by atoms with van der Waals surface area (Å²) in [5.74, 6) is 0.259. The van der Waals surface area contributed by atoms with Crippen molar-refractivity contribution in [2.45, 2.75) is 33.1 Å². The SMILES string of the molecule is Cc1nc(COCC(F)(F)F)nc(C)c1CCN. The highest BCUT2D eigenvalue weighted by Crippen LogP contribution is 2.16. The fraction of sp³-hybridized carbons (Fsp3) is 0.636. The highest BCUT2D eigenvalue weighted by atomic mass is 19.4. The van der Waals surface area contributed by atoms with Gasteiger partial charge in [0.05, 0.1) is 0 Å². The van der Waals surface area contributed by atoms with Gasteiger partial charge < -0.3 is 10.5 Å². The van der Waals surface area contributed by atoms with Crippen molar-refractivity contribution >= 4 is 0 Å². The molecule has 0 aliphatic carbocycles. The van der Waals surface area contributed by atoms with Crippen LogP contribution in [0, 0.1) is 13.8 Å². The van der Waals surface area contributed by atoms with Crippen LogP contribution in [0.25, 0.3) is 0 Å². The van der Waals surface area contributed by atoms with E-state index in [0.717, 1.165) is 17.0 Å². The highest BCUT2D eigenvalue weighted by molar-refractivity contribution is 5.24. The topological polar surface area (TPSA) is 61.0 Å². The Hall–Kier alpha value is -1.21. The Kier molecular flexibility index (Phi) is 5.03. The molecule has 1 aromatic rings. The van der Waals surface area contributed by atoms with Crippen molar-refractivity contribution in [1.82, 2.24) is 9.97 Å². The number of aromatic nitrogens is 2. The quantitative estimate of drug-likeness (QED) is 0.878. The monoisotopic (exact) mass is 263 g/mol. The molecule has 102 valence electrons. The molecule has 4 nitrogen and oxygen atoms in total. The van der Waals surface area contributed by atoms with Gasteiger partial charge in [0.1, 0.15) is 13.2 Å².